The summed E-state index contributed by atoms with van der Waals surface area (Å²) in [4.78, 5) is 2.52. The lowest BCUT2D eigenvalue weighted by atomic mass is 9.79. The predicted molar refractivity (Wildman–Crippen MR) is 104 cm³/mol. The summed E-state index contributed by atoms with van der Waals surface area (Å²) in [6.07, 6.45) is 3.08. The maximum Gasteiger partial charge on any atom is 0.0561 e. The summed E-state index contributed by atoms with van der Waals surface area (Å²) in [5.74, 6) is 0.563. The van der Waals surface area contributed by atoms with Crippen molar-refractivity contribution in [3.63, 3.8) is 0 Å². The lowest BCUT2D eigenvalue weighted by Crippen LogP contribution is -2.48. The van der Waals surface area contributed by atoms with E-state index in [4.69, 9.17) is 0 Å². The summed E-state index contributed by atoms with van der Waals surface area (Å²) in [7, 11) is 0. The molecular formula is C21H27N3. The van der Waals surface area contributed by atoms with Crippen molar-refractivity contribution < 1.29 is 0 Å². The molecule has 126 valence electrons. The Balaban J connectivity index is 1.82. The zero-order valence-corrected chi connectivity index (χ0v) is 15.1. The van der Waals surface area contributed by atoms with Crippen LogP contribution in [-0.4, -0.2) is 18.3 Å². The Kier molecular flexibility index (Phi) is 4.61. The van der Waals surface area contributed by atoms with E-state index in [2.05, 4.69) is 61.3 Å². The smallest absolute Gasteiger partial charge is 0.0561 e. The van der Waals surface area contributed by atoms with Gasteiger partial charge in [-0.15, -0.1) is 0 Å². The van der Waals surface area contributed by atoms with Crippen molar-refractivity contribution in [2.24, 2.45) is 5.10 Å². The van der Waals surface area contributed by atoms with Crippen molar-refractivity contribution in [3.8, 4) is 0 Å². The first-order chi connectivity index (χ1) is 11.5. The first-order valence-electron chi connectivity index (χ1n) is 8.77. The molecule has 3 nitrogen and oxygen atoms in total. The summed E-state index contributed by atoms with van der Waals surface area (Å²) >= 11 is 0. The highest BCUT2D eigenvalue weighted by Gasteiger charge is 2.35. The van der Waals surface area contributed by atoms with Gasteiger partial charge < -0.3 is 4.90 Å². The van der Waals surface area contributed by atoms with Crippen LogP contribution in [0.2, 0.25) is 0 Å². The molecule has 0 radical (unpaired) electrons. The molecule has 0 saturated carbocycles. The van der Waals surface area contributed by atoms with E-state index in [1.165, 1.54) is 17.7 Å². The maximum absolute atomic E-state index is 4.36. The van der Waals surface area contributed by atoms with Gasteiger partial charge in [-0.05, 0) is 68.5 Å². The second-order valence-corrected chi connectivity index (χ2v) is 7.22. The number of benzene rings is 2. The minimum absolute atomic E-state index is 0.214. The molecule has 0 bridgehead atoms. The third kappa shape index (κ3) is 3.30. The molecule has 1 atom stereocenters. The van der Waals surface area contributed by atoms with Gasteiger partial charge in [0.25, 0.3) is 0 Å². The van der Waals surface area contributed by atoms with E-state index in [0.717, 1.165) is 17.8 Å². The monoisotopic (exact) mass is 321 g/mol. The van der Waals surface area contributed by atoms with E-state index in [9.17, 15) is 0 Å². The van der Waals surface area contributed by atoms with Gasteiger partial charge in [-0.3, -0.25) is 5.43 Å². The van der Waals surface area contributed by atoms with E-state index in [-0.39, 0.29) is 5.54 Å². The molecule has 1 aliphatic heterocycles. The number of nitrogens with one attached hydrogen (secondary N) is 1. The second-order valence-electron chi connectivity index (χ2n) is 7.22. The van der Waals surface area contributed by atoms with Crippen LogP contribution in [0.4, 0.5) is 11.4 Å². The molecule has 1 aliphatic rings. The van der Waals surface area contributed by atoms with E-state index in [1.54, 1.807) is 0 Å². The molecule has 24 heavy (non-hydrogen) atoms. The number of para-hydroxylation sites is 1. The van der Waals surface area contributed by atoms with Gasteiger partial charge in [0.2, 0.25) is 0 Å². The zero-order chi connectivity index (χ0) is 17.2. The van der Waals surface area contributed by atoms with Crippen molar-refractivity contribution in [1.82, 2.24) is 0 Å². The number of fused-ring (bicyclic) bond motifs is 1. The van der Waals surface area contributed by atoms with Crippen LogP contribution in [0, 0.1) is 0 Å². The van der Waals surface area contributed by atoms with E-state index in [1.807, 2.05) is 36.5 Å². The molecule has 0 spiro atoms. The van der Waals surface area contributed by atoms with Gasteiger partial charge in [-0.2, -0.15) is 5.10 Å². The third-order valence-electron chi connectivity index (χ3n) is 4.91. The van der Waals surface area contributed by atoms with E-state index < -0.39 is 0 Å². The minimum Gasteiger partial charge on any atom is -0.366 e. The maximum atomic E-state index is 4.36. The van der Waals surface area contributed by atoms with Gasteiger partial charge in [0.1, 0.15) is 0 Å². The number of hydrazone groups is 1. The second kappa shape index (κ2) is 6.68. The number of hydrogen-bond donors (Lipinski definition) is 1. The van der Waals surface area contributed by atoms with Crippen LogP contribution in [0.5, 0.6) is 0 Å². The SMILES string of the molecule is CCN1c2ccc(/C=N\Nc3ccccc3)cc2[C@@H](C)CC1(C)C. The molecule has 0 unspecified atom stereocenters. The highest BCUT2D eigenvalue weighted by molar-refractivity contribution is 5.82. The summed E-state index contributed by atoms with van der Waals surface area (Å²) < 4.78 is 0. The van der Waals surface area contributed by atoms with Crippen LogP contribution in [0.25, 0.3) is 0 Å². The van der Waals surface area contributed by atoms with Crippen molar-refractivity contribution in [3.05, 3.63) is 59.7 Å². The van der Waals surface area contributed by atoms with Gasteiger partial charge >= 0.3 is 0 Å². The van der Waals surface area contributed by atoms with Crippen molar-refractivity contribution in [2.45, 2.75) is 45.6 Å². The summed E-state index contributed by atoms with van der Waals surface area (Å²) in [6, 6.07) is 16.7. The molecule has 2 aromatic rings. The number of rotatable bonds is 4. The van der Waals surface area contributed by atoms with Crippen LogP contribution in [-0.2, 0) is 0 Å². The zero-order valence-electron chi connectivity index (χ0n) is 15.1. The molecule has 0 aliphatic carbocycles. The number of nitrogens with zero attached hydrogens (tertiary/aromatic N) is 2. The normalized spacial score (nSPS) is 19.3. The molecule has 0 aromatic heterocycles. The molecule has 3 heteroatoms. The van der Waals surface area contributed by atoms with Crippen LogP contribution >= 0.6 is 0 Å². The van der Waals surface area contributed by atoms with Gasteiger partial charge in [0.05, 0.1) is 11.9 Å². The largest absolute Gasteiger partial charge is 0.366 e. The lowest BCUT2D eigenvalue weighted by molar-refractivity contribution is 0.381. The molecule has 1 N–H and O–H groups in total. The highest BCUT2D eigenvalue weighted by Crippen LogP contribution is 2.43. The van der Waals surface area contributed by atoms with E-state index >= 15 is 0 Å². The number of anilines is 2. The van der Waals surface area contributed by atoms with Crippen molar-refractivity contribution >= 4 is 17.6 Å². The molecule has 2 aromatic carbocycles. The number of hydrogen-bond acceptors (Lipinski definition) is 3. The molecule has 0 amide bonds. The fourth-order valence-corrected chi connectivity index (χ4v) is 3.88. The first-order valence-corrected chi connectivity index (χ1v) is 8.77. The third-order valence-corrected chi connectivity index (χ3v) is 4.91. The molecular weight excluding hydrogens is 294 g/mol. The van der Waals surface area contributed by atoms with Gasteiger partial charge in [-0.1, -0.05) is 31.2 Å². The average Bonchev–Trinajstić information content (AvgIpc) is 2.56. The first kappa shape index (κ1) is 16.6. The Morgan fingerprint density at radius 1 is 1.21 bits per heavy atom. The van der Waals surface area contributed by atoms with Crippen LogP contribution in [0.15, 0.2) is 53.6 Å². The summed E-state index contributed by atoms with van der Waals surface area (Å²) in [5.41, 5.74) is 8.23. The summed E-state index contributed by atoms with van der Waals surface area (Å²) in [5, 5.41) is 4.36. The molecule has 0 saturated heterocycles. The highest BCUT2D eigenvalue weighted by atomic mass is 15.3. The average molecular weight is 321 g/mol. The van der Waals surface area contributed by atoms with Crippen LogP contribution < -0.4 is 10.3 Å². The Labute approximate surface area is 145 Å². The molecule has 1 heterocycles. The Morgan fingerprint density at radius 3 is 2.67 bits per heavy atom. The summed E-state index contributed by atoms with van der Waals surface area (Å²) in [6.45, 7) is 10.3. The molecule has 0 fully saturated rings. The lowest BCUT2D eigenvalue weighted by Gasteiger charge is -2.47. The molecule has 3 rings (SSSR count). The van der Waals surface area contributed by atoms with Crippen molar-refractivity contribution in [1.29, 1.82) is 0 Å². The predicted octanol–water partition coefficient (Wildman–Crippen LogP) is 5.24. The van der Waals surface area contributed by atoms with Gasteiger partial charge in [0.15, 0.2) is 0 Å². The Morgan fingerprint density at radius 2 is 1.96 bits per heavy atom. The van der Waals surface area contributed by atoms with Crippen molar-refractivity contribution in [2.75, 3.05) is 16.9 Å². The Bertz CT molecular complexity index is 719. The van der Waals surface area contributed by atoms with Crippen LogP contribution in [0.3, 0.4) is 0 Å². The Hall–Kier alpha value is -2.29. The minimum atomic E-state index is 0.214. The fraction of sp³-hybridized carbons (Fsp3) is 0.381. The topological polar surface area (TPSA) is 27.6 Å². The van der Waals surface area contributed by atoms with E-state index in [0.29, 0.717) is 5.92 Å². The fourth-order valence-electron chi connectivity index (χ4n) is 3.88. The quantitative estimate of drug-likeness (QED) is 0.615. The van der Waals surface area contributed by atoms with Gasteiger partial charge in [-0.25, -0.2) is 0 Å². The van der Waals surface area contributed by atoms with Gasteiger partial charge in [0, 0.05) is 17.8 Å². The van der Waals surface area contributed by atoms with Crippen LogP contribution in [0.1, 0.15) is 51.2 Å². The standard InChI is InChI=1S/C21H27N3/c1-5-24-20-12-11-17(13-19(20)16(2)14-21(24,3)4)15-22-23-18-9-7-6-8-10-18/h6-13,15-16,23H,5,14H2,1-4H3/b22-15-/t16-/m0/s1.